The fraction of sp³-hybridized carbons (Fsp3) is 0.455. The number of rotatable bonds is 5. The third kappa shape index (κ3) is 4.06. The van der Waals surface area contributed by atoms with E-state index in [1.807, 2.05) is 25.1 Å². The average Bonchev–Trinajstić information content (AvgIpc) is 2.19. The van der Waals surface area contributed by atoms with Gasteiger partial charge < -0.3 is 10.4 Å². The van der Waals surface area contributed by atoms with E-state index in [-0.39, 0.29) is 6.10 Å². The fourth-order valence-electron chi connectivity index (χ4n) is 1.12. The number of hydrogen-bond acceptors (Lipinski definition) is 2. The van der Waals surface area contributed by atoms with Crippen molar-refractivity contribution >= 4 is 0 Å². The zero-order valence-electron chi connectivity index (χ0n) is 8.03. The molecule has 0 saturated heterocycles. The Kier molecular flexibility index (Phi) is 4.50. The molecule has 1 rings (SSSR count). The maximum atomic E-state index is 9.27. The van der Waals surface area contributed by atoms with E-state index in [4.69, 9.17) is 0 Å². The summed E-state index contributed by atoms with van der Waals surface area (Å²) >= 11 is 0. The van der Waals surface area contributed by atoms with Crippen LogP contribution in [0.4, 0.5) is 0 Å². The Labute approximate surface area is 79.6 Å². The largest absolute Gasteiger partial charge is 0.392 e. The standard InChI is InChI=1S/C11H17NO/c1-2-11(13)9-12-8-10-6-4-3-5-7-10/h3-7,11-13H,2,8-9H2,1H3/t11-/m0/s1. The van der Waals surface area contributed by atoms with E-state index in [0.717, 1.165) is 13.0 Å². The minimum absolute atomic E-state index is 0.219. The quantitative estimate of drug-likeness (QED) is 0.718. The van der Waals surface area contributed by atoms with Crippen LogP contribution in [-0.4, -0.2) is 17.8 Å². The van der Waals surface area contributed by atoms with Crippen molar-refractivity contribution < 1.29 is 5.11 Å². The van der Waals surface area contributed by atoms with E-state index < -0.39 is 0 Å². The monoisotopic (exact) mass is 179 g/mol. The van der Waals surface area contributed by atoms with Gasteiger partial charge in [-0.3, -0.25) is 0 Å². The first-order valence-electron chi connectivity index (χ1n) is 4.75. The predicted molar refractivity (Wildman–Crippen MR) is 54.4 cm³/mol. The van der Waals surface area contributed by atoms with Crippen molar-refractivity contribution in [2.24, 2.45) is 0 Å². The summed E-state index contributed by atoms with van der Waals surface area (Å²) in [5, 5.41) is 12.5. The van der Waals surface area contributed by atoms with Crippen LogP contribution in [0.5, 0.6) is 0 Å². The average molecular weight is 179 g/mol. The summed E-state index contributed by atoms with van der Waals surface area (Å²) in [6, 6.07) is 10.2. The Morgan fingerprint density at radius 2 is 2.00 bits per heavy atom. The Morgan fingerprint density at radius 3 is 2.62 bits per heavy atom. The minimum atomic E-state index is -0.219. The summed E-state index contributed by atoms with van der Waals surface area (Å²) in [6.07, 6.45) is 0.589. The van der Waals surface area contributed by atoms with Crippen LogP contribution in [0.1, 0.15) is 18.9 Å². The van der Waals surface area contributed by atoms with E-state index >= 15 is 0 Å². The van der Waals surface area contributed by atoms with Gasteiger partial charge in [0, 0.05) is 13.1 Å². The SMILES string of the molecule is CC[C@H](O)CNCc1ccccc1. The second-order valence-electron chi connectivity index (χ2n) is 3.18. The highest BCUT2D eigenvalue weighted by Crippen LogP contribution is 1.97. The van der Waals surface area contributed by atoms with Crippen LogP contribution in [0.25, 0.3) is 0 Å². The van der Waals surface area contributed by atoms with Gasteiger partial charge in [-0.05, 0) is 12.0 Å². The van der Waals surface area contributed by atoms with Crippen LogP contribution >= 0.6 is 0 Å². The van der Waals surface area contributed by atoms with Crippen molar-refractivity contribution in [1.82, 2.24) is 5.32 Å². The van der Waals surface area contributed by atoms with Gasteiger partial charge in [0.15, 0.2) is 0 Å². The summed E-state index contributed by atoms with van der Waals surface area (Å²) in [5.74, 6) is 0. The van der Waals surface area contributed by atoms with Gasteiger partial charge in [-0.25, -0.2) is 0 Å². The summed E-state index contributed by atoms with van der Waals surface area (Å²) in [7, 11) is 0. The highest BCUT2D eigenvalue weighted by atomic mass is 16.3. The van der Waals surface area contributed by atoms with E-state index in [0.29, 0.717) is 6.54 Å². The third-order valence-electron chi connectivity index (χ3n) is 2.02. The molecule has 1 atom stereocenters. The first kappa shape index (κ1) is 10.2. The predicted octanol–water partition coefficient (Wildman–Crippen LogP) is 1.55. The van der Waals surface area contributed by atoms with Gasteiger partial charge in [0.1, 0.15) is 0 Å². The number of aliphatic hydroxyl groups is 1. The van der Waals surface area contributed by atoms with E-state index in [2.05, 4.69) is 17.4 Å². The maximum Gasteiger partial charge on any atom is 0.0662 e. The molecule has 0 unspecified atom stereocenters. The molecule has 1 aromatic rings. The smallest absolute Gasteiger partial charge is 0.0662 e. The lowest BCUT2D eigenvalue weighted by atomic mass is 10.2. The molecule has 0 aliphatic heterocycles. The first-order valence-corrected chi connectivity index (χ1v) is 4.75. The number of aliphatic hydroxyl groups excluding tert-OH is 1. The molecule has 1 aromatic carbocycles. The molecular formula is C11H17NO. The normalized spacial score (nSPS) is 12.8. The second kappa shape index (κ2) is 5.73. The lowest BCUT2D eigenvalue weighted by Crippen LogP contribution is -2.25. The Morgan fingerprint density at radius 1 is 1.31 bits per heavy atom. The number of nitrogens with one attached hydrogen (secondary N) is 1. The van der Waals surface area contributed by atoms with Crippen LogP contribution in [0, 0.1) is 0 Å². The van der Waals surface area contributed by atoms with Crippen molar-refractivity contribution in [3.8, 4) is 0 Å². The summed E-state index contributed by atoms with van der Waals surface area (Å²) in [6.45, 7) is 3.48. The molecule has 0 bridgehead atoms. The molecule has 0 heterocycles. The van der Waals surface area contributed by atoms with Gasteiger partial charge in [0.2, 0.25) is 0 Å². The van der Waals surface area contributed by atoms with Gasteiger partial charge in [0.05, 0.1) is 6.10 Å². The van der Waals surface area contributed by atoms with Crippen LogP contribution in [0.15, 0.2) is 30.3 Å². The fourth-order valence-corrected chi connectivity index (χ4v) is 1.12. The van der Waals surface area contributed by atoms with Crippen molar-refractivity contribution in [1.29, 1.82) is 0 Å². The van der Waals surface area contributed by atoms with Gasteiger partial charge in [-0.15, -0.1) is 0 Å². The Bertz CT molecular complexity index is 223. The van der Waals surface area contributed by atoms with E-state index in [1.165, 1.54) is 5.56 Å². The molecular weight excluding hydrogens is 162 g/mol. The van der Waals surface area contributed by atoms with Gasteiger partial charge in [-0.2, -0.15) is 0 Å². The van der Waals surface area contributed by atoms with Crippen molar-refractivity contribution in [3.63, 3.8) is 0 Å². The first-order chi connectivity index (χ1) is 6.33. The number of hydrogen-bond donors (Lipinski definition) is 2. The number of benzene rings is 1. The summed E-state index contributed by atoms with van der Waals surface area (Å²) < 4.78 is 0. The minimum Gasteiger partial charge on any atom is -0.392 e. The topological polar surface area (TPSA) is 32.3 Å². The maximum absolute atomic E-state index is 9.27. The highest BCUT2D eigenvalue weighted by Gasteiger charge is 1.98. The Hall–Kier alpha value is -0.860. The summed E-state index contributed by atoms with van der Waals surface area (Å²) in [5.41, 5.74) is 1.26. The Balaban J connectivity index is 2.20. The second-order valence-corrected chi connectivity index (χ2v) is 3.18. The molecule has 2 heteroatoms. The van der Waals surface area contributed by atoms with Crippen LogP contribution in [0.2, 0.25) is 0 Å². The molecule has 0 aliphatic rings. The molecule has 13 heavy (non-hydrogen) atoms. The summed E-state index contributed by atoms with van der Waals surface area (Å²) in [4.78, 5) is 0. The molecule has 72 valence electrons. The molecule has 0 saturated carbocycles. The third-order valence-corrected chi connectivity index (χ3v) is 2.02. The van der Waals surface area contributed by atoms with Crippen LogP contribution in [0.3, 0.4) is 0 Å². The molecule has 0 aliphatic carbocycles. The zero-order valence-corrected chi connectivity index (χ0v) is 8.03. The van der Waals surface area contributed by atoms with Crippen molar-refractivity contribution in [3.05, 3.63) is 35.9 Å². The highest BCUT2D eigenvalue weighted by molar-refractivity contribution is 5.14. The van der Waals surface area contributed by atoms with Crippen molar-refractivity contribution in [2.45, 2.75) is 26.0 Å². The molecule has 0 amide bonds. The van der Waals surface area contributed by atoms with E-state index in [1.54, 1.807) is 0 Å². The van der Waals surface area contributed by atoms with Gasteiger partial charge in [-0.1, -0.05) is 37.3 Å². The lowest BCUT2D eigenvalue weighted by Gasteiger charge is -2.08. The van der Waals surface area contributed by atoms with Crippen LogP contribution in [-0.2, 0) is 6.54 Å². The molecule has 2 nitrogen and oxygen atoms in total. The molecule has 0 radical (unpaired) electrons. The van der Waals surface area contributed by atoms with Gasteiger partial charge >= 0.3 is 0 Å². The molecule has 0 aromatic heterocycles. The van der Waals surface area contributed by atoms with Crippen LogP contribution < -0.4 is 5.32 Å². The molecule has 0 spiro atoms. The lowest BCUT2D eigenvalue weighted by molar-refractivity contribution is 0.167. The molecule has 2 N–H and O–H groups in total. The molecule has 0 fully saturated rings. The van der Waals surface area contributed by atoms with Crippen molar-refractivity contribution in [2.75, 3.05) is 6.54 Å². The van der Waals surface area contributed by atoms with Gasteiger partial charge in [0.25, 0.3) is 0 Å². The zero-order chi connectivity index (χ0) is 9.52. The van der Waals surface area contributed by atoms with E-state index in [9.17, 15) is 5.11 Å².